The lowest BCUT2D eigenvalue weighted by Gasteiger charge is -2.45. The van der Waals surface area contributed by atoms with Crippen molar-refractivity contribution in [1.29, 1.82) is 5.26 Å². The lowest BCUT2D eigenvalue weighted by molar-refractivity contribution is -0.140. The van der Waals surface area contributed by atoms with Crippen LogP contribution in [0.15, 0.2) is 54.6 Å². The van der Waals surface area contributed by atoms with Crippen molar-refractivity contribution in [3.8, 4) is 6.07 Å². The average molecular weight is 320 g/mol. The first-order valence-corrected chi connectivity index (χ1v) is 7.81. The Hall–Kier alpha value is -2.68. The molecule has 120 valence electrons. The molecule has 0 spiro atoms. The van der Waals surface area contributed by atoms with Crippen molar-refractivity contribution in [3.63, 3.8) is 0 Å². The van der Waals surface area contributed by atoms with Gasteiger partial charge < -0.3 is 9.47 Å². The Morgan fingerprint density at radius 2 is 1.83 bits per heavy atom. The third-order valence-corrected chi connectivity index (χ3v) is 4.62. The minimum absolute atomic E-state index is 0.0429. The number of nitrogens with zero attached hydrogens (tertiary/aromatic N) is 2. The SMILES string of the molecule is CO[C@@H]1C(=O)N(c2ccccc2C#N)[C@@H]1[C@@H]1O[C@@H]1c1ccccc1. The van der Waals surface area contributed by atoms with E-state index in [0.717, 1.165) is 5.56 Å². The summed E-state index contributed by atoms with van der Waals surface area (Å²) < 4.78 is 11.2. The smallest absolute Gasteiger partial charge is 0.258 e. The lowest BCUT2D eigenvalue weighted by Crippen LogP contribution is -2.68. The van der Waals surface area contributed by atoms with Crippen molar-refractivity contribution in [2.24, 2.45) is 0 Å². The number of nitriles is 1. The van der Waals surface area contributed by atoms with Gasteiger partial charge in [0.05, 0.1) is 11.3 Å². The Morgan fingerprint density at radius 1 is 1.12 bits per heavy atom. The zero-order chi connectivity index (χ0) is 16.7. The van der Waals surface area contributed by atoms with Gasteiger partial charge in [0.15, 0.2) is 6.10 Å². The Kier molecular flexibility index (Phi) is 3.57. The van der Waals surface area contributed by atoms with E-state index in [2.05, 4.69) is 6.07 Å². The highest BCUT2D eigenvalue weighted by Crippen LogP contribution is 2.48. The van der Waals surface area contributed by atoms with Crippen LogP contribution in [-0.4, -0.2) is 31.3 Å². The molecule has 4 atom stereocenters. The highest BCUT2D eigenvalue weighted by molar-refractivity contribution is 6.06. The normalized spacial score (nSPS) is 28.2. The van der Waals surface area contributed by atoms with Gasteiger partial charge in [0.25, 0.3) is 5.91 Å². The number of rotatable bonds is 4. The first-order chi connectivity index (χ1) is 11.8. The standard InChI is InChI=1S/C19H16N2O3/c1-23-18-15(17-16(24-17)12-7-3-2-4-8-12)21(19(18)22)14-10-6-5-9-13(14)11-20/h2-10,15-18H,1H3/t15-,16-,17+,18+/m1/s1. The number of carbonyl (C=O) groups excluding carboxylic acids is 1. The fourth-order valence-corrected chi connectivity index (χ4v) is 3.39. The fraction of sp³-hybridized carbons (Fsp3) is 0.263. The number of epoxide rings is 1. The molecule has 0 aromatic heterocycles. The molecule has 0 bridgehead atoms. The molecule has 1 amide bonds. The summed E-state index contributed by atoms with van der Waals surface area (Å²) in [6, 6.07) is 19.0. The number of benzene rings is 2. The molecule has 5 heteroatoms. The van der Waals surface area contributed by atoms with E-state index in [-0.39, 0.29) is 24.2 Å². The maximum absolute atomic E-state index is 12.5. The van der Waals surface area contributed by atoms with Crippen LogP contribution in [0.4, 0.5) is 5.69 Å². The van der Waals surface area contributed by atoms with Crippen LogP contribution in [0.1, 0.15) is 17.2 Å². The van der Waals surface area contributed by atoms with Crippen molar-refractivity contribution < 1.29 is 14.3 Å². The summed E-state index contributed by atoms with van der Waals surface area (Å²) in [4.78, 5) is 14.1. The molecule has 0 N–H and O–H groups in total. The van der Waals surface area contributed by atoms with Gasteiger partial charge in [0.2, 0.25) is 0 Å². The number of amides is 1. The van der Waals surface area contributed by atoms with Crippen LogP contribution >= 0.6 is 0 Å². The summed E-state index contributed by atoms with van der Waals surface area (Å²) in [7, 11) is 1.53. The molecular formula is C19H16N2O3. The van der Waals surface area contributed by atoms with Crippen molar-refractivity contribution in [1.82, 2.24) is 0 Å². The highest BCUT2D eigenvalue weighted by Gasteiger charge is 2.61. The average Bonchev–Trinajstić information content (AvgIpc) is 3.41. The number of hydrogen-bond donors (Lipinski definition) is 0. The molecule has 2 aliphatic rings. The Bertz CT molecular complexity index is 815. The molecule has 0 aliphatic carbocycles. The highest BCUT2D eigenvalue weighted by atomic mass is 16.6. The van der Waals surface area contributed by atoms with Gasteiger partial charge in [-0.15, -0.1) is 0 Å². The van der Waals surface area contributed by atoms with E-state index in [1.165, 1.54) is 7.11 Å². The molecule has 0 saturated carbocycles. The summed E-state index contributed by atoms with van der Waals surface area (Å²) in [6.45, 7) is 0. The monoisotopic (exact) mass is 320 g/mol. The molecule has 2 fully saturated rings. The Balaban J connectivity index is 1.64. The van der Waals surface area contributed by atoms with E-state index in [0.29, 0.717) is 11.3 Å². The van der Waals surface area contributed by atoms with E-state index in [1.807, 2.05) is 36.4 Å². The maximum atomic E-state index is 12.5. The van der Waals surface area contributed by atoms with Crippen LogP contribution in [0, 0.1) is 11.3 Å². The van der Waals surface area contributed by atoms with Gasteiger partial charge >= 0.3 is 0 Å². The lowest BCUT2D eigenvalue weighted by atomic mass is 9.90. The third-order valence-electron chi connectivity index (χ3n) is 4.62. The zero-order valence-electron chi connectivity index (χ0n) is 13.1. The zero-order valence-corrected chi connectivity index (χ0v) is 13.1. The van der Waals surface area contributed by atoms with Crippen LogP contribution in [0.2, 0.25) is 0 Å². The predicted octanol–water partition coefficient (Wildman–Crippen LogP) is 2.43. The van der Waals surface area contributed by atoms with Crippen molar-refractivity contribution >= 4 is 11.6 Å². The molecule has 24 heavy (non-hydrogen) atoms. The van der Waals surface area contributed by atoms with Gasteiger partial charge in [-0.2, -0.15) is 5.26 Å². The predicted molar refractivity (Wildman–Crippen MR) is 87.3 cm³/mol. The molecule has 2 aromatic rings. The minimum Gasteiger partial charge on any atom is -0.369 e. The molecule has 2 aliphatic heterocycles. The maximum Gasteiger partial charge on any atom is 0.258 e. The number of methoxy groups -OCH3 is 1. The molecule has 2 heterocycles. The summed E-state index contributed by atoms with van der Waals surface area (Å²) in [5.41, 5.74) is 2.18. The molecular weight excluding hydrogens is 304 g/mol. The summed E-state index contributed by atoms with van der Waals surface area (Å²) in [6.07, 6.45) is -0.698. The van der Waals surface area contributed by atoms with E-state index in [9.17, 15) is 10.1 Å². The molecule has 4 rings (SSSR count). The van der Waals surface area contributed by atoms with Crippen LogP contribution in [0.25, 0.3) is 0 Å². The van der Waals surface area contributed by atoms with E-state index in [1.54, 1.807) is 23.1 Å². The molecule has 2 saturated heterocycles. The topological polar surface area (TPSA) is 65.9 Å². The largest absolute Gasteiger partial charge is 0.369 e. The minimum atomic E-state index is -0.532. The summed E-state index contributed by atoms with van der Waals surface area (Å²) in [5.74, 6) is -0.132. The summed E-state index contributed by atoms with van der Waals surface area (Å²) >= 11 is 0. The second kappa shape index (κ2) is 5.75. The van der Waals surface area contributed by atoms with E-state index < -0.39 is 6.10 Å². The first kappa shape index (κ1) is 14.9. The van der Waals surface area contributed by atoms with Gasteiger partial charge in [0, 0.05) is 7.11 Å². The quantitative estimate of drug-likeness (QED) is 0.641. The van der Waals surface area contributed by atoms with Gasteiger partial charge in [-0.05, 0) is 17.7 Å². The molecule has 2 aromatic carbocycles. The van der Waals surface area contributed by atoms with Crippen molar-refractivity contribution in [2.75, 3.05) is 12.0 Å². The van der Waals surface area contributed by atoms with Crippen LogP contribution in [0.3, 0.4) is 0 Å². The van der Waals surface area contributed by atoms with Gasteiger partial charge in [-0.1, -0.05) is 42.5 Å². The number of β-lactam (4-membered cyclic amide) rings is 1. The first-order valence-electron chi connectivity index (χ1n) is 7.81. The van der Waals surface area contributed by atoms with Crippen LogP contribution in [0.5, 0.6) is 0 Å². The number of ether oxygens (including phenoxy) is 2. The number of anilines is 1. The Labute approximate surface area is 140 Å². The van der Waals surface area contributed by atoms with Gasteiger partial charge in [-0.3, -0.25) is 9.69 Å². The van der Waals surface area contributed by atoms with Crippen LogP contribution in [-0.2, 0) is 14.3 Å². The summed E-state index contributed by atoms with van der Waals surface area (Å²) in [5, 5.41) is 9.32. The number of hydrogen-bond acceptors (Lipinski definition) is 4. The molecule has 0 radical (unpaired) electrons. The Morgan fingerprint density at radius 3 is 2.54 bits per heavy atom. The fourth-order valence-electron chi connectivity index (χ4n) is 3.39. The van der Waals surface area contributed by atoms with Gasteiger partial charge in [-0.25, -0.2) is 0 Å². The van der Waals surface area contributed by atoms with Crippen LogP contribution < -0.4 is 4.90 Å². The third kappa shape index (κ3) is 2.20. The second-order valence-corrected chi connectivity index (χ2v) is 5.92. The second-order valence-electron chi connectivity index (χ2n) is 5.92. The van der Waals surface area contributed by atoms with Crippen molar-refractivity contribution in [2.45, 2.75) is 24.4 Å². The molecule has 0 unspecified atom stereocenters. The van der Waals surface area contributed by atoms with E-state index in [4.69, 9.17) is 9.47 Å². The van der Waals surface area contributed by atoms with Gasteiger partial charge in [0.1, 0.15) is 24.3 Å². The van der Waals surface area contributed by atoms with Crippen molar-refractivity contribution in [3.05, 3.63) is 65.7 Å². The van der Waals surface area contributed by atoms with E-state index >= 15 is 0 Å². The number of para-hydroxylation sites is 1. The molecule has 5 nitrogen and oxygen atoms in total. The number of carbonyl (C=O) groups is 1.